The molecular weight excluding hydrogens is 306 g/mol. The molecule has 132 valence electrons. The van der Waals surface area contributed by atoms with E-state index in [-0.39, 0.29) is 29.7 Å². The molecule has 2 unspecified atom stereocenters. The molecule has 0 aromatic carbocycles. The zero-order valence-corrected chi connectivity index (χ0v) is 14.6. The number of hydrogen-bond donors (Lipinski definition) is 1. The number of aromatic nitrogens is 3. The number of carbonyl (C=O) groups excluding carboxylic acids is 2. The quantitative estimate of drug-likeness (QED) is 0.898. The van der Waals surface area contributed by atoms with Crippen molar-refractivity contribution >= 4 is 11.8 Å². The molecule has 2 fully saturated rings. The van der Waals surface area contributed by atoms with Gasteiger partial charge in [0.15, 0.2) is 0 Å². The fraction of sp³-hybridized carbons (Fsp3) is 0.765. The van der Waals surface area contributed by atoms with Crippen molar-refractivity contribution < 1.29 is 9.59 Å². The Balaban J connectivity index is 1.71. The van der Waals surface area contributed by atoms with Gasteiger partial charge in [0.1, 0.15) is 18.2 Å². The molecule has 2 atom stereocenters. The summed E-state index contributed by atoms with van der Waals surface area (Å²) in [7, 11) is 1.94. The van der Waals surface area contributed by atoms with E-state index in [2.05, 4.69) is 15.5 Å². The van der Waals surface area contributed by atoms with Crippen molar-refractivity contribution in [3.63, 3.8) is 0 Å². The summed E-state index contributed by atoms with van der Waals surface area (Å²) < 4.78 is 1.93. The Morgan fingerprint density at radius 1 is 1.25 bits per heavy atom. The average Bonchev–Trinajstić information content (AvgIpc) is 3.23. The molecule has 1 aliphatic carbocycles. The van der Waals surface area contributed by atoms with E-state index in [1.807, 2.05) is 16.5 Å². The number of hydrogen-bond acceptors (Lipinski definition) is 4. The smallest absolute Gasteiger partial charge is 0.245 e. The van der Waals surface area contributed by atoms with Gasteiger partial charge in [-0.05, 0) is 31.6 Å². The van der Waals surface area contributed by atoms with Crippen molar-refractivity contribution in [3.05, 3.63) is 12.2 Å². The molecule has 1 aliphatic heterocycles. The Bertz CT molecular complexity index is 594. The second kappa shape index (κ2) is 7.32. The van der Waals surface area contributed by atoms with Crippen molar-refractivity contribution in [3.8, 4) is 0 Å². The Morgan fingerprint density at radius 2 is 2.00 bits per heavy atom. The summed E-state index contributed by atoms with van der Waals surface area (Å²) in [5.74, 6) is 1.38. The van der Waals surface area contributed by atoms with E-state index < -0.39 is 0 Å². The van der Waals surface area contributed by atoms with Gasteiger partial charge in [0.25, 0.3) is 0 Å². The van der Waals surface area contributed by atoms with Gasteiger partial charge >= 0.3 is 0 Å². The van der Waals surface area contributed by atoms with Gasteiger partial charge in [-0.1, -0.05) is 12.8 Å². The standard InChI is InChI=1S/C17H27N5O2/c1-12(23)19-15(13-6-3-4-7-13)17(24)22-9-5-8-14(10-22)16-20-18-11-21(16)2/h11,13-15H,3-10H2,1-2H3,(H,19,23). The maximum atomic E-state index is 13.1. The van der Waals surface area contributed by atoms with E-state index in [0.29, 0.717) is 6.54 Å². The number of aryl methyl sites for hydroxylation is 1. The second-order valence-electron chi connectivity index (χ2n) is 7.15. The Labute approximate surface area is 142 Å². The highest BCUT2D eigenvalue weighted by molar-refractivity contribution is 5.87. The molecule has 7 nitrogen and oxygen atoms in total. The van der Waals surface area contributed by atoms with Crippen LogP contribution in [-0.2, 0) is 16.6 Å². The summed E-state index contributed by atoms with van der Waals surface area (Å²) >= 11 is 0. The van der Waals surface area contributed by atoms with Crippen molar-refractivity contribution in [1.82, 2.24) is 25.0 Å². The number of likely N-dealkylation sites (tertiary alicyclic amines) is 1. The van der Waals surface area contributed by atoms with Crippen molar-refractivity contribution in [2.45, 2.75) is 57.4 Å². The van der Waals surface area contributed by atoms with E-state index >= 15 is 0 Å². The summed E-state index contributed by atoms with van der Waals surface area (Å²) in [6.45, 7) is 2.91. The van der Waals surface area contributed by atoms with Crippen molar-refractivity contribution in [1.29, 1.82) is 0 Å². The summed E-state index contributed by atoms with van der Waals surface area (Å²) in [4.78, 5) is 26.6. The maximum Gasteiger partial charge on any atom is 0.245 e. The van der Waals surface area contributed by atoms with Crippen LogP contribution in [0.3, 0.4) is 0 Å². The van der Waals surface area contributed by atoms with Gasteiger partial charge in [0.05, 0.1) is 0 Å². The zero-order valence-electron chi connectivity index (χ0n) is 14.6. The fourth-order valence-electron chi connectivity index (χ4n) is 4.14. The first kappa shape index (κ1) is 16.9. The van der Waals surface area contributed by atoms with E-state index in [0.717, 1.165) is 50.9 Å². The lowest BCUT2D eigenvalue weighted by Gasteiger charge is -2.36. The first-order valence-electron chi connectivity index (χ1n) is 8.96. The Morgan fingerprint density at radius 3 is 2.62 bits per heavy atom. The Kier molecular flexibility index (Phi) is 5.16. The third-order valence-electron chi connectivity index (χ3n) is 5.34. The second-order valence-corrected chi connectivity index (χ2v) is 7.15. The monoisotopic (exact) mass is 333 g/mol. The predicted octanol–water partition coefficient (Wildman–Crippen LogP) is 1.22. The molecule has 3 rings (SSSR count). The molecule has 1 saturated carbocycles. The number of rotatable bonds is 4. The van der Waals surface area contributed by atoms with Crippen molar-refractivity contribution in [2.24, 2.45) is 13.0 Å². The van der Waals surface area contributed by atoms with E-state index in [4.69, 9.17) is 0 Å². The van der Waals surface area contributed by atoms with Crippen LogP contribution in [0.5, 0.6) is 0 Å². The topological polar surface area (TPSA) is 80.1 Å². The van der Waals surface area contributed by atoms with E-state index in [9.17, 15) is 9.59 Å². The molecular formula is C17H27N5O2. The number of nitrogens with one attached hydrogen (secondary N) is 1. The Hall–Kier alpha value is -1.92. The SMILES string of the molecule is CC(=O)NC(C(=O)N1CCCC(c2nncn2C)C1)C1CCCC1. The van der Waals surface area contributed by atoms with Crippen LogP contribution in [0.25, 0.3) is 0 Å². The van der Waals surface area contributed by atoms with Gasteiger partial charge in [-0.25, -0.2) is 0 Å². The highest BCUT2D eigenvalue weighted by atomic mass is 16.2. The molecule has 7 heteroatoms. The van der Waals surface area contributed by atoms with E-state index in [1.165, 1.54) is 6.92 Å². The lowest BCUT2D eigenvalue weighted by Crippen LogP contribution is -2.53. The fourth-order valence-corrected chi connectivity index (χ4v) is 4.14. The molecule has 2 heterocycles. The van der Waals surface area contributed by atoms with Crippen LogP contribution in [0.2, 0.25) is 0 Å². The largest absolute Gasteiger partial charge is 0.344 e. The molecule has 0 bridgehead atoms. The summed E-state index contributed by atoms with van der Waals surface area (Å²) in [5.41, 5.74) is 0. The molecule has 0 spiro atoms. The minimum absolute atomic E-state index is 0.0731. The molecule has 24 heavy (non-hydrogen) atoms. The zero-order chi connectivity index (χ0) is 17.1. The number of amides is 2. The molecule has 0 radical (unpaired) electrons. The number of carbonyl (C=O) groups is 2. The molecule has 1 aromatic rings. The van der Waals surface area contributed by atoms with Crippen LogP contribution in [0, 0.1) is 5.92 Å². The third-order valence-corrected chi connectivity index (χ3v) is 5.34. The van der Waals surface area contributed by atoms with Gasteiger partial charge < -0.3 is 14.8 Å². The van der Waals surface area contributed by atoms with Crippen LogP contribution in [0.15, 0.2) is 6.33 Å². The van der Waals surface area contributed by atoms with E-state index in [1.54, 1.807) is 6.33 Å². The van der Waals surface area contributed by atoms with Crippen LogP contribution < -0.4 is 5.32 Å². The molecule has 2 aliphatic rings. The van der Waals surface area contributed by atoms with Gasteiger partial charge in [-0.3, -0.25) is 9.59 Å². The summed E-state index contributed by atoms with van der Waals surface area (Å²) in [6.07, 6.45) is 8.03. The first-order valence-corrected chi connectivity index (χ1v) is 8.96. The normalized spacial score (nSPS) is 23.2. The summed E-state index contributed by atoms with van der Waals surface area (Å²) in [5, 5.41) is 11.1. The first-order chi connectivity index (χ1) is 11.6. The van der Waals surface area contributed by atoms with Crippen LogP contribution in [-0.4, -0.2) is 50.6 Å². The highest BCUT2D eigenvalue weighted by Crippen LogP contribution is 2.31. The molecule has 1 aromatic heterocycles. The third kappa shape index (κ3) is 3.60. The van der Waals surface area contributed by atoms with Crippen molar-refractivity contribution in [2.75, 3.05) is 13.1 Å². The lowest BCUT2D eigenvalue weighted by atomic mass is 9.93. The van der Waals surface area contributed by atoms with Gasteiger partial charge in [0.2, 0.25) is 11.8 Å². The average molecular weight is 333 g/mol. The van der Waals surface area contributed by atoms with Crippen LogP contribution in [0.1, 0.15) is 57.2 Å². The maximum absolute atomic E-state index is 13.1. The van der Waals surface area contributed by atoms with Gasteiger partial charge in [-0.2, -0.15) is 0 Å². The van der Waals surface area contributed by atoms with Gasteiger partial charge in [-0.15, -0.1) is 10.2 Å². The number of nitrogens with zero attached hydrogens (tertiary/aromatic N) is 4. The molecule has 1 N–H and O–H groups in total. The molecule has 1 saturated heterocycles. The minimum Gasteiger partial charge on any atom is -0.344 e. The van der Waals surface area contributed by atoms with Gasteiger partial charge in [0, 0.05) is 33.0 Å². The van der Waals surface area contributed by atoms with Crippen LogP contribution in [0.4, 0.5) is 0 Å². The van der Waals surface area contributed by atoms with Crippen LogP contribution >= 0.6 is 0 Å². The highest BCUT2D eigenvalue weighted by Gasteiger charge is 2.36. The molecule has 2 amide bonds. The minimum atomic E-state index is -0.372. The summed E-state index contributed by atoms with van der Waals surface area (Å²) in [6, 6.07) is -0.372. The lowest BCUT2D eigenvalue weighted by molar-refractivity contribution is -0.138. The predicted molar refractivity (Wildman–Crippen MR) is 89.1 cm³/mol. The number of piperidine rings is 1.